The Bertz CT molecular complexity index is 1320. The maximum absolute atomic E-state index is 4.82. The molecule has 0 amide bonds. The van der Waals surface area contributed by atoms with E-state index < -0.39 is 0 Å². The lowest BCUT2D eigenvalue weighted by molar-refractivity contribution is 0.290. The molecule has 0 spiro atoms. The largest absolute Gasteiger partial charge is 0.371 e. The van der Waals surface area contributed by atoms with Crippen molar-refractivity contribution in [2.45, 2.75) is 88.4 Å². The fourth-order valence-corrected chi connectivity index (χ4v) is 8.21. The molecule has 2 bridgehead atoms. The van der Waals surface area contributed by atoms with Crippen molar-refractivity contribution in [1.29, 1.82) is 0 Å². The van der Waals surface area contributed by atoms with Gasteiger partial charge >= 0.3 is 0 Å². The molecule has 0 aliphatic carbocycles. The van der Waals surface area contributed by atoms with Crippen LogP contribution in [0.3, 0.4) is 0 Å². The number of rotatable bonds is 5. The number of piperidine rings is 2. The quantitative estimate of drug-likeness (QED) is 0.316. The van der Waals surface area contributed by atoms with E-state index in [4.69, 9.17) is 9.97 Å². The molecule has 4 saturated heterocycles. The topological polar surface area (TPSA) is 96.7 Å². The van der Waals surface area contributed by atoms with Crippen LogP contribution < -0.4 is 20.9 Å². The van der Waals surface area contributed by atoms with Crippen molar-refractivity contribution >= 4 is 5.69 Å². The molecule has 39 heavy (non-hydrogen) atoms. The van der Waals surface area contributed by atoms with E-state index >= 15 is 0 Å². The summed E-state index contributed by atoms with van der Waals surface area (Å²) in [5.74, 6) is 3.54. The van der Waals surface area contributed by atoms with E-state index in [0.717, 1.165) is 43.7 Å². The van der Waals surface area contributed by atoms with E-state index in [2.05, 4.69) is 62.3 Å². The summed E-state index contributed by atoms with van der Waals surface area (Å²) in [6.07, 6.45) is 13.8. The number of hydrogen-bond donors (Lipinski definition) is 5. The Labute approximate surface area is 231 Å². The molecule has 5 N–H and O–H groups in total. The third kappa shape index (κ3) is 4.23. The lowest BCUT2D eigenvalue weighted by Crippen LogP contribution is -2.34. The molecule has 5 atom stereocenters. The molecular formula is C31H42N8. The van der Waals surface area contributed by atoms with Gasteiger partial charge in [-0.05, 0) is 87.6 Å². The van der Waals surface area contributed by atoms with Crippen molar-refractivity contribution in [1.82, 2.24) is 35.9 Å². The van der Waals surface area contributed by atoms with Gasteiger partial charge in [-0.1, -0.05) is 13.0 Å². The first-order chi connectivity index (χ1) is 19.2. The second kappa shape index (κ2) is 9.75. The Morgan fingerprint density at radius 1 is 0.769 bits per heavy atom. The Hall–Kier alpha value is -2.68. The predicted molar refractivity (Wildman–Crippen MR) is 154 cm³/mol. The zero-order valence-electron chi connectivity index (χ0n) is 23.1. The number of hydrogen-bond acceptors (Lipinski definition) is 6. The van der Waals surface area contributed by atoms with Gasteiger partial charge in [0.2, 0.25) is 0 Å². The first-order valence-electron chi connectivity index (χ1n) is 15.5. The minimum atomic E-state index is 0.366. The highest BCUT2D eigenvalue weighted by Gasteiger charge is 2.41. The summed E-state index contributed by atoms with van der Waals surface area (Å²) in [7, 11) is 0. The molecule has 7 heterocycles. The zero-order valence-corrected chi connectivity index (χ0v) is 23.1. The summed E-state index contributed by atoms with van der Waals surface area (Å²) in [5.41, 5.74) is 8.40. The minimum Gasteiger partial charge on any atom is -0.371 e. The van der Waals surface area contributed by atoms with Crippen LogP contribution in [0.4, 0.5) is 5.69 Å². The second-order valence-electron chi connectivity index (χ2n) is 12.8. The fourth-order valence-electron chi connectivity index (χ4n) is 8.21. The van der Waals surface area contributed by atoms with Crippen molar-refractivity contribution < 1.29 is 0 Å². The molecule has 8 rings (SSSR count). The monoisotopic (exact) mass is 526 g/mol. The third-order valence-electron chi connectivity index (χ3n) is 10.2. The SMILES string of the molecule is CC1CC2NC(C1)c1c(N3CCC(c4cnc([C@@H]5CCCN5)[nH]4)CC3)ccc(-c3cnc([C@@H]4CCCN4)[nH]3)c12. The third-order valence-corrected chi connectivity index (χ3v) is 10.2. The summed E-state index contributed by atoms with van der Waals surface area (Å²) in [6, 6.07) is 6.46. The zero-order chi connectivity index (χ0) is 25.9. The van der Waals surface area contributed by atoms with Crippen molar-refractivity contribution in [3.8, 4) is 11.3 Å². The van der Waals surface area contributed by atoms with Gasteiger partial charge in [0.1, 0.15) is 11.6 Å². The second-order valence-corrected chi connectivity index (χ2v) is 12.8. The molecule has 2 aromatic heterocycles. The minimum absolute atomic E-state index is 0.366. The normalized spacial score (nSPS) is 30.8. The number of nitrogens with one attached hydrogen (secondary N) is 5. The van der Waals surface area contributed by atoms with Gasteiger partial charge in [0.05, 0.1) is 24.0 Å². The van der Waals surface area contributed by atoms with Gasteiger partial charge in [0.15, 0.2) is 0 Å². The molecule has 5 aliphatic rings. The predicted octanol–water partition coefficient (Wildman–Crippen LogP) is 5.15. The van der Waals surface area contributed by atoms with Crippen LogP contribution in [-0.2, 0) is 0 Å². The molecule has 8 nitrogen and oxygen atoms in total. The van der Waals surface area contributed by atoms with E-state index in [0.29, 0.717) is 30.1 Å². The van der Waals surface area contributed by atoms with Gasteiger partial charge < -0.3 is 30.8 Å². The van der Waals surface area contributed by atoms with Gasteiger partial charge in [0, 0.05) is 54.2 Å². The number of fused-ring (bicyclic) bond motifs is 5. The summed E-state index contributed by atoms with van der Waals surface area (Å²) in [6.45, 7) is 6.82. The average molecular weight is 527 g/mol. The Kier molecular flexibility index (Phi) is 6.04. The summed E-state index contributed by atoms with van der Waals surface area (Å²) in [4.78, 5) is 19.6. The van der Waals surface area contributed by atoms with Crippen molar-refractivity contribution in [3.05, 3.63) is 53.0 Å². The van der Waals surface area contributed by atoms with Crippen LogP contribution in [0.25, 0.3) is 11.3 Å². The molecule has 1 aromatic carbocycles. The number of aromatic nitrogens is 4. The van der Waals surface area contributed by atoms with E-state index in [1.165, 1.54) is 79.6 Å². The number of H-pyrrole nitrogens is 2. The van der Waals surface area contributed by atoms with Gasteiger partial charge in [-0.3, -0.25) is 0 Å². The van der Waals surface area contributed by atoms with E-state index in [1.807, 2.05) is 0 Å². The molecule has 3 unspecified atom stereocenters. The molecule has 206 valence electrons. The number of aromatic amines is 2. The molecule has 3 aromatic rings. The number of imidazole rings is 2. The van der Waals surface area contributed by atoms with Crippen molar-refractivity contribution in [2.75, 3.05) is 31.1 Å². The van der Waals surface area contributed by atoms with Crippen LogP contribution in [0.1, 0.15) is 117 Å². The summed E-state index contributed by atoms with van der Waals surface area (Å²) < 4.78 is 0. The number of benzene rings is 1. The van der Waals surface area contributed by atoms with Crippen LogP contribution in [0.2, 0.25) is 0 Å². The summed E-state index contributed by atoms with van der Waals surface area (Å²) in [5, 5.41) is 11.2. The van der Waals surface area contributed by atoms with E-state index in [9.17, 15) is 0 Å². The average Bonchev–Trinajstić information content (AvgIpc) is 3.78. The lowest BCUT2D eigenvalue weighted by atomic mass is 9.90. The Balaban J connectivity index is 1.06. The standard InChI is InChI=1S/C31H42N8/c1-18-14-23-28-20(26-17-35-31(38-26)22-5-3-11-33-22)6-7-27(29(28)24(15-18)36-23)39-12-8-19(9-13-39)25-16-34-30(37-25)21-4-2-10-32-21/h6-7,16-19,21-24,32-33,36H,2-5,8-15H2,1H3,(H,34,37)(H,35,38)/t18?,21-,22-,23?,24?/m0/s1. The van der Waals surface area contributed by atoms with Crippen molar-refractivity contribution in [3.63, 3.8) is 0 Å². The smallest absolute Gasteiger partial charge is 0.123 e. The Morgan fingerprint density at radius 2 is 1.46 bits per heavy atom. The van der Waals surface area contributed by atoms with E-state index in [-0.39, 0.29) is 0 Å². The highest BCUT2D eigenvalue weighted by Crippen LogP contribution is 2.52. The maximum atomic E-state index is 4.82. The molecule has 0 radical (unpaired) electrons. The van der Waals surface area contributed by atoms with Gasteiger partial charge in [-0.2, -0.15) is 0 Å². The fraction of sp³-hybridized carbons (Fsp3) is 0.613. The Morgan fingerprint density at radius 3 is 2.18 bits per heavy atom. The first kappa shape index (κ1) is 24.1. The highest BCUT2D eigenvalue weighted by molar-refractivity contribution is 5.75. The lowest BCUT2D eigenvalue weighted by Gasteiger charge is -2.35. The molecule has 8 heteroatoms. The van der Waals surface area contributed by atoms with Crippen LogP contribution in [0.15, 0.2) is 24.5 Å². The van der Waals surface area contributed by atoms with Gasteiger partial charge in [-0.15, -0.1) is 0 Å². The molecule has 0 saturated carbocycles. The summed E-state index contributed by atoms with van der Waals surface area (Å²) >= 11 is 0. The number of anilines is 1. The van der Waals surface area contributed by atoms with Gasteiger partial charge in [-0.25, -0.2) is 9.97 Å². The molecular weight excluding hydrogens is 484 g/mol. The molecule has 5 aliphatic heterocycles. The highest BCUT2D eigenvalue weighted by atomic mass is 15.2. The first-order valence-corrected chi connectivity index (χ1v) is 15.5. The van der Waals surface area contributed by atoms with Crippen LogP contribution in [-0.4, -0.2) is 46.1 Å². The van der Waals surface area contributed by atoms with Crippen LogP contribution >= 0.6 is 0 Å². The van der Waals surface area contributed by atoms with Crippen LogP contribution in [0, 0.1) is 5.92 Å². The maximum Gasteiger partial charge on any atom is 0.123 e. The molecule has 4 fully saturated rings. The number of nitrogens with zero attached hydrogens (tertiary/aromatic N) is 3. The van der Waals surface area contributed by atoms with E-state index in [1.54, 1.807) is 5.56 Å². The van der Waals surface area contributed by atoms with Crippen LogP contribution in [0.5, 0.6) is 0 Å². The van der Waals surface area contributed by atoms with Gasteiger partial charge in [0.25, 0.3) is 0 Å². The van der Waals surface area contributed by atoms with Crippen molar-refractivity contribution in [2.24, 2.45) is 5.92 Å².